The van der Waals surface area contributed by atoms with Crippen LogP contribution in [0.1, 0.15) is 284 Å². The summed E-state index contributed by atoms with van der Waals surface area (Å²) in [7, 11) is 0. The van der Waals surface area contributed by atoms with E-state index in [4.69, 9.17) is 10.5 Å². The van der Waals surface area contributed by atoms with Gasteiger partial charge in [-0.1, -0.05) is 206 Å². The first-order valence-electron chi connectivity index (χ1n) is 26.0. The highest BCUT2D eigenvalue weighted by atomic mass is 16.5. The maximum atomic E-state index is 12.9. The Labute approximate surface area is 366 Å². The number of hydrogen-bond donors (Lipinski definition) is 3. The van der Waals surface area contributed by atoms with Gasteiger partial charge in [0, 0.05) is 12.8 Å². The van der Waals surface area contributed by atoms with Gasteiger partial charge in [0.15, 0.2) is 0 Å². The highest BCUT2D eigenvalue weighted by molar-refractivity contribution is 5.83. The zero-order valence-electron chi connectivity index (χ0n) is 39.4. The molecule has 0 heterocycles. The Hall–Kier alpha value is -1.89. The van der Waals surface area contributed by atoms with Crippen LogP contribution in [0.2, 0.25) is 0 Å². The minimum absolute atomic E-state index is 0.0151. The molecule has 0 aromatic carbocycles. The zero-order chi connectivity index (χ0) is 43.1. The predicted molar refractivity (Wildman–Crippen MR) is 253 cm³/mol. The molecule has 0 rings (SSSR count). The smallest absolute Gasteiger partial charge is 0.326 e. The maximum absolute atomic E-state index is 12.9. The second-order valence-corrected chi connectivity index (χ2v) is 17.9. The van der Waals surface area contributed by atoms with Crippen LogP contribution in [0.5, 0.6) is 0 Å². The molecule has 348 valence electrons. The van der Waals surface area contributed by atoms with Crippen molar-refractivity contribution in [3.63, 3.8) is 0 Å². The summed E-state index contributed by atoms with van der Waals surface area (Å²) in [4.78, 5) is 36.6. The average molecular weight is 833 g/mol. The molecule has 0 aromatic heterocycles. The van der Waals surface area contributed by atoms with Crippen molar-refractivity contribution in [3.05, 3.63) is 12.2 Å². The number of carbonyl (C=O) groups is 3. The summed E-state index contributed by atoms with van der Waals surface area (Å²) < 4.78 is 6.09. The number of carboxylic acids is 1. The monoisotopic (exact) mass is 833 g/mol. The van der Waals surface area contributed by atoms with Crippen LogP contribution in [0.3, 0.4) is 0 Å². The molecule has 0 saturated carbocycles. The van der Waals surface area contributed by atoms with Gasteiger partial charge in [-0.05, 0) is 83.6 Å². The number of ether oxygens (including phenoxy) is 1. The van der Waals surface area contributed by atoms with Gasteiger partial charge in [-0.25, -0.2) is 4.79 Å². The number of unbranched alkanes of at least 4 members (excludes halogenated alkanes) is 32. The summed E-state index contributed by atoms with van der Waals surface area (Å²) >= 11 is 0. The second kappa shape index (κ2) is 47.2. The molecule has 7 heteroatoms. The van der Waals surface area contributed by atoms with Crippen LogP contribution in [0.25, 0.3) is 0 Å². The lowest BCUT2D eigenvalue weighted by atomic mass is 10.0. The third-order valence-electron chi connectivity index (χ3n) is 12.1. The number of carboxylic acid groups (broad SMARTS) is 1. The van der Waals surface area contributed by atoms with E-state index in [1.54, 1.807) is 0 Å². The van der Waals surface area contributed by atoms with Crippen LogP contribution >= 0.6 is 0 Å². The Morgan fingerprint density at radius 3 is 1.22 bits per heavy atom. The van der Waals surface area contributed by atoms with Crippen molar-refractivity contribution in [1.29, 1.82) is 0 Å². The first-order valence-corrected chi connectivity index (χ1v) is 26.0. The SMILES string of the molecule is CCCCCCCCC/C=C\CCCCCCCCCC(=O)OC(CCCCCCCCCCCCCCCCC)CCCCCCCC(=O)NC(CCCN)C(=O)O. The molecule has 4 N–H and O–H groups in total. The van der Waals surface area contributed by atoms with E-state index in [1.165, 1.54) is 180 Å². The van der Waals surface area contributed by atoms with E-state index in [9.17, 15) is 19.5 Å². The van der Waals surface area contributed by atoms with Gasteiger partial charge < -0.3 is 20.9 Å². The highest BCUT2D eigenvalue weighted by Gasteiger charge is 2.19. The normalized spacial score (nSPS) is 12.6. The number of amides is 1. The predicted octanol–water partition coefficient (Wildman–Crippen LogP) is 15.4. The molecule has 59 heavy (non-hydrogen) atoms. The average Bonchev–Trinajstić information content (AvgIpc) is 3.22. The molecular formula is C52H100N2O5. The number of esters is 1. The first kappa shape index (κ1) is 57.1. The number of aliphatic carboxylic acids is 1. The fourth-order valence-corrected chi connectivity index (χ4v) is 8.15. The number of allylic oxidation sites excluding steroid dienone is 2. The summed E-state index contributed by atoms with van der Waals surface area (Å²) in [6, 6.07) is -0.855. The van der Waals surface area contributed by atoms with Gasteiger partial charge in [-0.3, -0.25) is 9.59 Å². The van der Waals surface area contributed by atoms with E-state index < -0.39 is 12.0 Å². The van der Waals surface area contributed by atoms with Crippen molar-refractivity contribution in [3.8, 4) is 0 Å². The van der Waals surface area contributed by atoms with Gasteiger partial charge in [0.2, 0.25) is 5.91 Å². The summed E-state index contributed by atoms with van der Waals surface area (Å²) in [6.45, 7) is 4.98. The Morgan fingerprint density at radius 1 is 0.475 bits per heavy atom. The van der Waals surface area contributed by atoms with Gasteiger partial charge >= 0.3 is 11.9 Å². The molecule has 0 aromatic rings. The number of nitrogens with one attached hydrogen (secondary N) is 1. The molecule has 0 radical (unpaired) electrons. The second-order valence-electron chi connectivity index (χ2n) is 17.9. The Bertz CT molecular complexity index is 940. The molecule has 0 spiro atoms. The summed E-state index contributed by atoms with van der Waals surface area (Å²) in [5.74, 6) is -1.21. The van der Waals surface area contributed by atoms with Crippen molar-refractivity contribution in [2.24, 2.45) is 5.73 Å². The molecule has 0 fully saturated rings. The largest absolute Gasteiger partial charge is 0.480 e. The number of carbonyl (C=O) groups excluding carboxylic acids is 2. The van der Waals surface area contributed by atoms with E-state index in [0.29, 0.717) is 32.2 Å². The number of hydrogen-bond acceptors (Lipinski definition) is 5. The minimum atomic E-state index is -1.000. The van der Waals surface area contributed by atoms with Crippen LogP contribution in [-0.2, 0) is 19.1 Å². The molecule has 0 bridgehead atoms. The van der Waals surface area contributed by atoms with Crippen LogP contribution in [-0.4, -0.2) is 41.6 Å². The Balaban J connectivity index is 4.26. The maximum Gasteiger partial charge on any atom is 0.326 e. The highest BCUT2D eigenvalue weighted by Crippen LogP contribution is 2.20. The lowest BCUT2D eigenvalue weighted by molar-refractivity contribution is -0.150. The fraction of sp³-hybridized carbons (Fsp3) is 0.904. The number of rotatable bonds is 48. The van der Waals surface area contributed by atoms with E-state index in [0.717, 1.165) is 64.2 Å². The Morgan fingerprint density at radius 2 is 0.831 bits per heavy atom. The lowest BCUT2D eigenvalue weighted by Gasteiger charge is -2.18. The first-order chi connectivity index (χ1) is 28.9. The number of nitrogens with two attached hydrogens (primary N) is 1. The molecule has 0 aliphatic rings. The molecule has 0 saturated heterocycles. The van der Waals surface area contributed by atoms with Crippen molar-refractivity contribution < 1.29 is 24.2 Å². The minimum Gasteiger partial charge on any atom is -0.480 e. The van der Waals surface area contributed by atoms with Crippen LogP contribution in [0.4, 0.5) is 0 Å². The quantitative estimate of drug-likeness (QED) is 0.0319. The standard InChI is InChI=1S/C52H100N2O5/c1-3-5-7-9-11-13-15-17-19-20-21-23-25-27-29-31-36-40-46-51(56)59-48(42-37-33-30-28-26-24-22-18-16-14-12-10-8-6-4-2)43-38-34-32-35-39-45-50(55)54-49(52(57)58)44-41-47-53/h19-20,48-49H,3-18,21-47,53H2,1-2H3,(H,54,55)(H,57,58)/b20-19-. The molecular weight excluding hydrogens is 733 g/mol. The summed E-state index contributed by atoms with van der Waals surface area (Å²) in [5, 5.41) is 12.0. The molecule has 2 atom stereocenters. The van der Waals surface area contributed by atoms with E-state index in [1.807, 2.05) is 0 Å². The van der Waals surface area contributed by atoms with Gasteiger partial charge in [0.1, 0.15) is 12.1 Å². The van der Waals surface area contributed by atoms with Gasteiger partial charge in [0.05, 0.1) is 0 Å². The van der Waals surface area contributed by atoms with Crippen molar-refractivity contribution >= 4 is 17.8 Å². The zero-order valence-corrected chi connectivity index (χ0v) is 39.4. The lowest BCUT2D eigenvalue weighted by Crippen LogP contribution is -2.40. The Kier molecular flexibility index (Phi) is 45.7. The third kappa shape index (κ3) is 44.0. The van der Waals surface area contributed by atoms with Gasteiger partial charge in [-0.2, -0.15) is 0 Å². The third-order valence-corrected chi connectivity index (χ3v) is 12.1. The summed E-state index contributed by atoms with van der Waals surface area (Å²) in [6.07, 6.45) is 54.1. The molecule has 0 aliphatic heterocycles. The van der Waals surface area contributed by atoms with E-state index in [2.05, 4.69) is 31.3 Å². The van der Waals surface area contributed by atoms with Crippen molar-refractivity contribution in [1.82, 2.24) is 5.32 Å². The van der Waals surface area contributed by atoms with Crippen molar-refractivity contribution in [2.75, 3.05) is 6.54 Å². The van der Waals surface area contributed by atoms with Crippen LogP contribution < -0.4 is 11.1 Å². The van der Waals surface area contributed by atoms with E-state index >= 15 is 0 Å². The van der Waals surface area contributed by atoms with Gasteiger partial charge in [0.25, 0.3) is 0 Å². The van der Waals surface area contributed by atoms with Crippen molar-refractivity contribution in [2.45, 2.75) is 296 Å². The fourth-order valence-electron chi connectivity index (χ4n) is 8.15. The summed E-state index contributed by atoms with van der Waals surface area (Å²) in [5.41, 5.74) is 5.50. The molecule has 0 aliphatic carbocycles. The van der Waals surface area contributed by atoms with E-state index in [-0.39, 0.29) is 18.0 Å². The van der Waals surface area contributed by atoms with Gasteiger partial charge in [-0.15, -0.1) is 0 Å². The van der Waals surface area contributed by atoms with Crippen LogP contribution in [0.15, 0.2) is 12.2 Å². The van der Waals surface area contributed by atoms with Crippen LogP contribution in [0, 0.1) is 0 Å². The topological polar surface area (TPSA) is 119 Å². The molecule has 1 amide bonds. The molecule has 7 nitrogen and oxygen atoms in total. The molecule has 2 unspecified atom stereocenters.